The van der Waals surface area contributed by atoms with Gasteiger partial charge in [0.25, 0.3) is 0 Å². The third kappa shape index (κ3) is 3.36. The number of para-hydroxylation sites is 1. The van der Waals surface area contributed by atoms with Crippen LogP contribution >= 0.6 is 0 Å². The van der Waals surface area contributed by atoms with Crippen LogP contribution in [-0.4, -0.2) is 7.69 Å². The second-order valence-electron chi connectivity index (χ2n) is 9.04. The smallest absolute Gasteiger partial charge is 0.507 e. The van der Waals surface area contributed by atoms with E-state index in [1.807, 2.05) is 42.5 Å². The zero-order valence-corrected chi connectivity index (χ0v) is 19.5. The van der Waals surface area contributed by atoms with Crippen LogP contribution in [0.4, 0.5) is 5.69 Å². The average molecular weight is 467 g/mol. The molecule has 0 saturated carbocycles. The lowest BCUT2D eigenvalue weighted by molar-refractivity contribution is 0.231. The summed E-state index contributed by atoms with van der Waals surface area (Å²) in [6.07, 6.45) is -0.217. The normalized spacial score (nSPS) is 14.1. The van der Waals surface area contributed by atoms with Gasteiger partial charge in [0.05, 0.1) is 6.10 Å². The van der Waals surface area contributed by atoms with Crippen molar-refractivity contribution in [3.63, 3.8) is 0 Å². The highest BCUT2D eigenvalue weighted by molar-refractivity contribution is 6.19. The molecule has 6 aromatic rings. The van der Waals surface area contributed by atoms with Gasteiger partial charge in [0, 0.05) is 16.5 Å². The van der Waals surface area contributed by atoms with Crippen molar-refractivity contribution in [1.82, 2.24) is 0 Å². The number of hydrogen-bond acceptors (Lipinski definition) is 4. The van der Waals surface area contributed by atoms with Gasteiger partial charge in [-0.3, -0.25) is 0 Å². The third-order valence-electron chi connectivity index (χ3n) is 6.92. The second-order valence-corrected chi connectivity index (χ2v) is 9.04. The lowest BCUT2D eigenvalue weighted by Gasteiger charge is -2.16. The van der Waals surface area contributed by atoms with Gasteiger partial charge in [-0.05, 0) is 75.8 Å². The summed E-state index contributed by atoms with van der Waals surface area (Å²) in [4.78, 5) is 0. The van der Waals surface area contributed by atoms with Gasteiger partial charge in [0.1, 0.15) is 16.9 Å². The SMILES string of the molecule is Nc1ccc(OBOC2c3ccccc3-c3ccc(-c4cccc5oc6ccccc6c45)cc32)cc1. The molecule has 1 unspecified atom stereocenters. The van der Waals surface area contributed by atoms with E-state index in [9.17, 15) is 0 Å². The number of benzene rings is 5. The molecule has 1 aliphatic rings. The molecule has 0 saturated heterocycles. The molecule has 1 aromatic heterocycles. The molecule has 1 aliphatic carbocycles. The quantitative estimate of drug-likeness (QED) is 0.214. The van der Waals surface area contributed by atoms with Crippen LogP contribution in [0.25, 0.3) is 44.2 Å². The van der Waals surface area contributed by atoms with Gasteiger partial charge in [0.15, 0.2) is 0 Å². The molecule has 172 valence electrons. The van der Waals surface area contributed by atoms with E-state index in [-0.39, 0.29) is 13.8 Å². The molecule has 0 spiro atoms. The fourth-order valence-corrected chi connectivity index (χ4v) is 5.26. The van der Waals surface area contributed by atoms with Gasteiger partial charge in [-0.2, -0.15) is 0 Å². The minimum absolute atomic E-state index is 0.133. The summed E-state index contributed by atoms with van der Waals surface area (Å²) in [5.41, 5.74) is 15.2. The van der Waals surface area contributed by atoms with E-state index in [1.54, 1.807) is 0 Å². The lowest BCUT2D eigenvalue weighted by atomic mass is 9.95. The van der Waals surface area contributed by atoms with Crippen LogP contribution in [0, 0.1) is 0 Å². The van der Waals surface area contributed by atoms with Crippen molar-refractivity contribution in [2.45, 2.75) is 6.10 Å². The molecule has 7 rings (SSSR count). The van der Waals surface area contributed by atoms with Crippen LogP contribution in [0.15, 0.2) is 114 Å². The largest absolute Gasteiger partial charge is 0.539 e. The van der Waals surface area contributed by atoms with E-state index < -0.39 is 0 Å². The van der Waals surface area contributed by atoms with Gasteiger partial charge in [-0.25, -0.2) is 0 Å². The van der Waals surface area contributed by atoms with Crippen LogP contribution in [0.3, 0.4) is 0 Å². The van der Waals surface area contributed by atoms with Crippen molar-refractivity contribution in [3.8, 4) is 28.0 Å². The maximum absolute atomic E-state index is 6.35. The van der Waals surface area contributed by atoms with Crippen molar-refractivity contribution in [3.05, 3.63) is 120 Å². The van der Waals surface area contributed by atoms with Crippen LogP contribution < -0.4 is 10.4 Å². The molecular formula is C31H22BNO3. The van der Waals surface area contributed by atoms with Crippen molar-refractivity contribution >= 4 is 35.3 Å². The molecule has 5 aromatic carbocycles. The molecule has 0 bridgehead atoms. The van der Waals surface area contributed by atoms with Gasteiger partial charge < -0.3 is 19.5 Å². The second kappa shape index (κ2) is 8.33. The van der Waals surface area contributed by atoms with Crippen LogP contribution in [0.1, 0.15) is 17.2 Å². The number of nitrogens with two attached hydrogens (primary N) is 1. The Kier molecular flexibility index (Phi) is 4.83. The first kappa shape index (κ1) is 20.9. The monoisotopic (exact) mass is 467 g/mol. The molecule has 1 atom stereocenters. The maximum Gasteiger partial charge on any atom is 0.507 e. The minimum atomic E-state index is -0.217. The molecule has 4 nitrogen and oxygen atoms in total. The van der Waals surface area contributed by atoms with E-state index >= 15 is 0 Å². The van der Waals surface area contributed by atoms with E-state index in [2.05, 4.69) is 66.7 Å². The lowest BCUT2D eigenvalue weighted by Crippen LogP contribution is -2.12. The molecule has 2 N–H and O–H groups in total. The summed E-state index contributed by atoms with van der Waals surface area (Å²) < 4.78 is 18.4. The first-order valence-corrected chi connectivity index (χ1v) is 12.0. The Morgan fingerprint density at radius 2 is 1.42 bits per heavy atom. The summed E-state index contributed by atoms with van der Waals surface area (Å²) in [5.74, 6) is 0.725. The van der Waals surface area contributed by atoms with Crippen molar-refractivity contribution in [2.24, 2.45) is 0 Å². The highest BCUT2D eigenvalue weighted by atomic mass is 16.6. The third-order valence-corrected chi connectivity index (χ3v) is 6.92. The fourth-order valence-electron chi connectivity index (χ4n) is 5.26. The van der Waals surface area contributed by atoms with Gasteiger partial charge in [-0.1, -0.05) is 66.7 Å². The van der Waals surface area contributed by atoms with E-state index in [1.165, 1.54) is 11.1 Å². The maximum atomic E-state index is 6.35. The number of rotatable bonds is 5. The molecular weight excluding hydrogens is 445 g/mol. The van der Waals surface area contributed by atoms with Gasteiger partial charge in [0.2, 0.25) is 0 Å². The Balaban J connectivity index is 1.29. The summed E-state index contributed by atoms with van der Waals surface area (Å²) in [6.45, 7) is 0. The molecule has 0 radical (unpaired) electrons. The Labute approximate surface area is 209 Å². The summed E-state index contributed by atoms with van der Waals surface area (Å²) in [6, 6.07) is 36.8. The van der Waals surface area contributed by atoms with Crippen molar-refractivity contribution < 1.29 is 13.7 Å². The highest BCUT2D eigenvalue weighted by Gasteiger charge is 2.30. The zero-order valence-electron chi connectivity index (χ0n) is 19.5. The number of furan rings is 1. The highest BCUT2D eigenvalue weighted by Crippen LogP contribution is 2.47. The van der Waals surface area contributed by atoms with E-state index in [4.69, 9.17) is 19.5 Å². The summed E-state index contributed by atoms with van der Waals surface area (Å²) >= 11 is 0. The molecule has 0 aliphatic heterocycles. The van der Waals surface area contributed by atoms with Crippen molar-refractivity contribution in [1.29, 1.82) is 0 Å². The van der Waals surface area contributed by atoms with Crippen molar-refractivity contribution in [2.75, 3.05) is 5.73 Å². The van der Waals surface area contributed by atoms with Crippen LogP contribution in [-0.2, 0) is 4.65 Å². The molecule has 36 heavy (non-hydrogen) atoms. The first-order chi connectivity index (χ1) is 17.8. The predicted molar refractivity (Wildman–Crippen MR) is 146 cm³/mol. The Morgan fingerprint density at radius 3 is 2.33 bits per heavy atom. The fraction of sp³-hybridized carbons (Fsp3) is 0.0323. The van der Waals surface area contributed by atoms with Gasteiger partial charge in [-0.15, -0.1) is 0 Å². The van der Waals surface area contributed by atoms with E-state index in [0.717, 1.165) is 49.9 Å². The van der Waals surface area contributed by atoms with E-state index in [0.29, 0.717) is 5.69 Å². The number of hydrogen-bond donors (Lipinski definition) is 1. The Hall–Kier alpha value is -4.48. The summed E-state index contributed by atoms with van der Waals surface area (Å²) in [7, 11) is 0.133. The summed E-state index contributed by atoms with van der Waals surface area (Å²) in [5, 5.41) is 2.25. The predicted octanol–water partition coefficient (Wildman–Crippen LogP) is 7.27. The zero-order chi connectivity index (χ0) is 24.1. The van der Waals surface area contributed by atoms with Crippen LogP contribution in [0.2, 0.25) is 0 Å². The molecule has 5 heteroatoms. The number of nitrogen functional groups attached to an aromatic ring is 1. The minimum Gasteiger partial charge on any atom is -0.539 e. The Bertz CT molecular complexity index is 1740. The van der Waals surface area contributed by atoms with Crippen LogP contribution in [0.5, 0.6) is 5.75 Å². The topological polar surface area (TPSA) is 57.6 Å². The molecule has 0 amide bonds. The standard InChI is InChI=1S/C31H22BNO3/c33-20-13-15-21(16-14-20)35-32-36-31-25-7-2-1-6-23(25)24-17-12-19(18-27(24)31)22-9-5-11-29-30(22)26-8-3-4-10-28(26)34-29/h1-18,31-32H,33H2. The average Bonchev–Trinajstić information content (AvgIpc) is 3.45. The first-order valence-electron chi connectivity index (χ1n) is 12.0. The molecule has 1 heterocycles. The van der Waals surface area contributed by atoms with Gasteiger partial charge >= 0.3 is 7.69 Å². The molecule has 0 fully saturated rings. The number of fused-ring (bicyclic) bond motifs is 6. The number of anilines is 1. The Morgan fingerprint density at radius 1 is 0.667 bits per heavy atom.